The fourth-order valence-corrected chi connectivity index (χ4v) is 1.54. The summed E-state index contributed by atoms with van der Waals surface area (Å²) in [6.45, 7) is 8.32. The van der Waals surface area contributed by atoms with E-state index in [2.05, 4.69) is 5.32 Å². The number of hydrogen-bond donors (Lipinski definition) is 1. The van der Waals surface area contributed by atoms with Gasteiger partial charge >= 0.3 is 5.97 Å². The van der Waals surface area contributed by atoms with Crippen molar-refractivity contribution in [2.75, 3.05) is 26.3 Å². The fraction of sp³-hybridized carbons (Fsp3) is 0.909. The highest BCUT2D eigenvalue weighted by Crippen LogP contribution is 2.09. The highest BCUT2D eigenvalue weighted by Gasteiger charge is 2.18. The zero-order valence-electron chi connectivity index (χ0n) is 9.84. The van der Waals surface area contributed by atoms with E-state index >= 15 is 0 Å². The molecule has 0 bridgehead atoms. The lowest BCUT2D eigenvalue weighted by atomic mass is 10.1. The van der Waals surface area contributed by atoms with Crippen molar-refractivity contribution in [3.63, 3.8) is 0 Å². The van der Waals surface area contributed by atoms with Gasteiger partial charge in [-0.1, -0.05) is 0 Å². The molecular formula is C11H21NO3. The maximum absolute atomic E-state index is 11.3. The van der Waals surface area contributed by atoms with Gasteiger partial charge in [-0.05, 0) is 39.7 Å². The lowest BCUT2D eigenvalue weighted by Gasteiger charge is -2.19. The van der Waals surface area contributed by atoms with Crippen LogP contribution in [0.4, 0.5) is 0 Å². The van der Waals surface area contributed by atoms with Gasteiger partial charge in [0.05, 0.1) is 6.61 Å². The third kappa shape index (κ3) is 5.74. The molecule has 4 nitrogen and oxygen atoms in total. The van der Waals surface area contributed by atoms with Crippen LogP contribution in [0.15, 0.2) is 0 Å². The summed E-state index contributed by atoms with van der Waals surface area (Å²) in [6, 6.07) is 0. The summed E-state index contributed by atoms with van der Waals surface area (Å²) < 4.78 is 10.4. The predicted octanol–water partition coefficient (Wildman–Crippen LogP) is 0.954. The molecule has 0 aromatic heterocycles. The maximum atomic E-state index is 11.3. The van der Waals surface area contributed by atoms with E-state index in [1.54, 1.807) is 0 Å². The summed E-state index contributed by atoms with van der Waals surface area (Å²) in [5.41, 5.74) is -0.421. The average Bonchev–Trinajstić information content (AvgIpc) is 2.53. The molecule has 1 rings (SSSR count). The summed E-state index contributed by atoms with van der Waals surface area (Å²) >= 11 is 0. The van der Waals surface area contributed by atoms with Gasteiger partial charge in [0.25, 0.3) is 0 Å². The molecule has 0 saturated carbocycles. The molecule has 4 heteroatoms. The average molecular weight is 215 g/mol. The van der Waals surface area contributed by atoms with Crippen molar-refractivity contribution in [2.45, 2.75) is 32.8 Å². The first kappa shape index (κ1) is 12.5. The Hall–Kier alpha value is -0.610. The number of rotatable bonds is 4. The second kappa shape index (κ2) is 5.47. The van der Waals surface area contributed by atoms with Crippen LogP contribution in [-0.2, 0) is 14.3 Å². The molecule has 0 amide bonds. The Kier molecular flexibility index (Phi) is 4.54. The molecule has 0 aliphatic carbocycles. The third-order valence-electron chi connectivity index (χ3n) is 2.16. The van der Waals surface area contributed by atoms with E-state index in [1.807, 2.05) is 20.8 Å². The molecule has 1 N–H and O–H groups in total. The van der Waals surface area contributed by atoms with E-state index in [0.29, 0.717) is 12.5 Å². The van der Waals surface area contributed by atoms with Crippen molar-refractivity contribution >= 4 is 5.97 Å². The summed E-state index contributed by atoms with van der Waals surface area (Å²) in [4.78, 5) is 11.3. The Labute approximate surface area is 91.3 Å². The van der Waals surface area contributed by atoms with Gasteiger partial charge in [0.1, 0.15) is 12.2 Å². The van der Waals surface area contributed by atoms with Crippen LogP contribution < -0.4 is 5.32 Å². The molecule has 88 valence electrons. The van der Waals surface area contributed by atoms with Crippen molar-refractivity contribution < 1.29 is 14.3 Å². The van der Waals surface area contributed by atoms with Crippen LogP contribution in [0.2, 0.25) is 0 Å². The minimum atomic E-state index is -0.421. The third-order valence-corrected chi connectivity index (χ3v) is 2.16. The normalized spacial score (nSPS) is 21.7. The van der Waals surface area contributed by atoms with E-state index in [4.69, 9.17) is 9.47 Å². The summed E-state index contributed by atoms with van der Waals surface area (Å²) in [5.74, 6) is 0.265. The van der Waals surface area contributed by atoms with Gasteiger partial charge in [-0.25, -0.2) is 4.79 Å². The zero-order valence-corrected chi connectivity index (χ0v) is 9.84. The molecule has 1 aliphatic heterocycles. The van der Waals surface area contributed by atoms with E-state index < -0.39 is 5.60 Å². The molecular weight excluding hydrogens is 194 g/mol. The minimum absolute atomic E-state index is 0.0633. The predicted molar refractivity (Wildman–Crippen MR) is 57.6 cm³/mol. The summed E-state index contributed by atoms with van der Waals surface area (Å²) in [6.07, 6.45) is 1.13. The van der Waals surface area contributed by atoms with Gasteiger partial charge in [0.15, 0.2) is 0 Å². The van der Waals surface area contributed by atoms with Crippen LogP contribution in [0.25, 0.3) is 0 Å². The number of hydrogen-bond acceptors (Lipinski definition) is 4. The highest BCUT2D eigenvalue weighted by atomic mass is 16.6. The molecule has 0 spiro atoms. The molecule has 0 radical (unpaired) electrons. The molecule has 15 heavy (non-hydrogen) atoms. The standard InChI is InChI=1S/C11H21NO3/c1-11(2,3)15-10(13)8-14-7-9-4-5-12-6-9/h9,12H,4-8H2,1-3H3/t9-/m0/s1. The number of esters is 1. The SMILES string of the molecule is CC(C)(C)OC(=O)COC[C@H]1CCNC1. The smallest absolute Gasteiger partial charge is 0.332 e. The van der Waals surface area contributed by atoms with Crippen molar-refractivity contribution in [3.8, 4) is 0 Å². The lowest BCUT2D eigenvalue weighted by Crippen LogP contribution is -2.27. The quantitative estimate of drug-likeness (QED) is 0.709. The van der Waals surface area contributed by atoms with Crippen molar-refractivity contribution in [2.24, 2.45) is 5.92 Å². The molecule has 1 atom stereocenters. The molecule has 0 unspecified atom stereocenters. The number of carbonyl (C=O) groups is 1. The first-order valence-corrected chi connectivity index (χ1v) is 5.48. The second-order valence-corrected chi connectivity index (χ2v) is 4.96. The lowest BCUT2D eigenvalue weighted by molar-refractivity contribution is -0.160. The molecule has 1 fully saturated rings. The topological polar surface area (TPSA) is 47.6 Å². The number of nitrogens with one attached hydrogen (secondary N) is 1. The van der Waals surface area contributed by atoms with Crippen LogP contribution in [0.3, 0.4) is 0 Å². The van der Waals surface area contributed by atoms with Gasteiger partial charge in [-0.15, -0.1) is 0 Å². The van der Waals surface area contributed by atoms with Crippen LogP contribution in [0.5, 0.6) is 0 Å². The molecule has 1 aliphatic rings. The van der Waals surface area contributed by atoms with E-state index in [-0.39, 0.29) is 12.6 Å². The van der Waals surface area contributed by atoms with Crippen molar-refractivity contribution in [3.05, 3.63) is 0 Å². The number of carbonyl (C=O) groups excluding carboxylic acids is 1. The van der Waals surface area contributed by atoms with Crippen LogP contribution in [0, 0.1) is 5.92 Å². The zero-order chi connectivity index (χ0) is 11.3. The van der Waals surface area contributed by atoms with Crippen LogP contribution in [-0.4, -0.2) is 37.9 Å². The molecule has 0 aromatic rings. The minimum Gasteiger partial charge on any atom is -0.458 e. The fourth-order valence-electron chi connectivity index (χ4n) is 1.54. The van der Waals surface area contributed by atoms with Gasteiger partial charge in [0.2, 0.25) is 0 Å². The first-order valence-electron chi connectivity index (χ1n) is 5.48. The molecule has 1 heterocycles. The monoisotopic (exact) mass is 215 g/mol. The van der Waals surface area contributed by atoms with Crippen LogP contribution in [0.1, 0.15) is 27.2 Å². The second-order valence-electron chi connectivity index (χ2n) is 4.96. The highest BCUT2D eigenvalue weighted by molar-refractivity contribution is 5.71. The van der Waals surface area contributed by atoms with E-state index in [9.17, 15) is 4.79 Å². The Morgan fingerprint density at radius 3 is 2.73 bits per heavy atom. The van der Waals surface area contributed by atoms with Crippen molar-refractivity contribution in [1.82, 2.24) is 5.32 Å². The van der Waals surface area contributed by atoms with Gasteiger partial charge in [-0.3, -0.25) is 0 Å². The van der Waals surface area contributed by atoms with Gasteiger partial charge in [-0.2, -0.15) is 0 Å². The van der Waals surface area contributed by atoms with Gasteiger partial charge < -0.3 is 14.8 Å². The Morgan fingerprint density at radius 2 is 2.20 bits per heavy atom. The first-order chi connectivity index (χ1) is 6.97. The largest absolute Gasteiger partial charge is 0.458 e. The van der Waals surface area contributed by atoms with Gasteiger partial charge in [0, 0.05) is 6.54 Å². The van der Waals surface area contributed by atoms with E-state index in [1.165, 1.54) is 0 Å². The molecule has 1 saturated heterocycles. The summed E-state index contributed by atoms with van der Waals surface area (Å²) in [5, 5.41) is 3.25. The Bertz CT molecular complexity index is 204. The Morgan fingerprint density at radius 1 is 1.47 bits per heavy atom. The number of ether oxygens (including phenoxy) is 2. The Balaban J connectivity index is 2.06. The summed E-state index contributed by atoms with van der Waals surface area (Å²) in [7, 11) is 0. The van der Waals surface area contributed by atoms with E-state index in [0.717, 1.165) is 19.5 Å². The van der Waals surface area contributed by atoms with Crippen molar-refractivity contribution in [1.29, 1.82) is 0 Å². The van der Waals surface area contributed by atoms with Crippen LogP contribution >= 0.6 is 0 Å². The maximum Gasteiger partial charge on any atom is 0.332 e. The molecule has 0 aromatic carbocycles.